The van der Waals surface area contributed by atoms with E-state index in [1.807, 2.05) is 18.7 Å². The van der Waals surface area contributed by atoms with Gasteiger partial charge in [0.25, 0.3) is 0 Å². The van der Waals surface area contributed by atoms with Crippen LogP contribution in [0.2, 0.25) is 0 Å². The normalized spacial score (nSPS) is 25.1. The molecule has 108 valence electrons. The predicted molar refractivity (Wildman–Crippen MR) is 71.6 cm³/mol. The molecule has 0 atom stereocenters. The first-order valence-corrected chi connectivity index (χ1v) is 7.33. The molecule has 0 radical (unpaired) electrons. The van der Waals surface area contributed by atoms with E-state index in [2.05, 4.69) is 5.32 Å². The minimum Gasteiger partial charge on any atom is -0.381 e. The van der Waals surface area contributed by atoms with Crippen molar-refractivity contribution in [1.82, 2.24) is 10.2 Å². The molecule has 2 saturated heterocycles. The van der Waals surface area contributed by atoms with E-state index in [0.717, 1.165) is 12.8 Å². The highest BCUT2D eigenvalue weighted by molar-refractivity contribution is 5.93. The number of amides is 2. The molecule has 0 unspecified atom stereocenters. The second kappa shape index (κ2) is 5.90. The molecule has 5 heteroatoms. The topological polar surface area (TPSA) is 58.6 Å². The van der Waals surface area contributed by atoms with Gasteiger partial charge in [-0.3, -0.25) is 9.59 Å². The average Bonchev–Trinajstić information content (AvgIpc) is 2.57. The quantitative estimate of drug-likeness (QED) is 0.833. The molecule has 1 N–H and O–H groups in total. The van der Waals surface area contributed by atoms with Crippen LogP contribution in [0.15, 0.2) is 0 Å². The number of carbonyl (C=O) groups excluding carboxylic acids is 2. The first-order valence-electron chi connectivity index (χ1n) is 7.33. The first-order chi connectivity index (χ1) is 9.13. The number of carbonyl (C=O) groups is 2. The van der Waals surface area contributed by atoms with Gasteiger partial charge >= 0.3 is 0 Å². The molecule has 5 nitrogen and oxygen atoms in total. The van der Waals surface area contributed by atoms with E-state index in [-0.39, 0.29) is 17.9 Å². The minimum absolute atomic E-state index is 0.00777. The fraction of sp³-hybridized carbons (Fsp3) is 0.857. The van der Waals surface area contributed by atoms with Crippen LogP contribution in [0.3, 0.4) is 0 Å². The molecule has 0 bridgehead atoms. The number of rotatable bonds is 3. The SMILES string of the molecule is CCC1(CC)NC(=O)CCN(C2CCOCC2)C1=O. The van der Waals surface area contributed by atoms with Gasteiger partial charge in [0.05, 0.1) is 0 Å². The number of nitrogens with one attached hydrogen (secondary N) is 1. The highest BCUT2D eigenvalue weighted by Crippen LogP contribution is 2.26. The molecule has 0 aliphatic carbocycles. The summed E-state index contributed by atoms with van der Waals surface area (Å²) in [5.41, 5.74) is -0.702. The largest absolute Gasteiger partial charge is 0.381 e. The van der Waals surface area contributed by atoms with Crippen LogP contribution in [-0.2, 0) is 14.3 Å². The van der Waals surface area contributed by atoms with Crippen molar-refractivity contribution in [3.8, 4) is 0 Å². The molecule has 2 aliphatic heterocycles. The van der Waals surface area contributed by atoms with E-state index in [0.29, 0.717) is 39.0 Å². The lowest BCUT2D eigenvalue weighted by atomic mass is 9.90. The number of ether oxygens (including phenoxy) is 1. The van der Waals surface area contributed by atoms with Crippen molar-refractivity contribution >= 4 is 11.8 Å². The van der Waals surface area contributed by atoms with Crippen molar-refractivity contribution in [2.45, 2.75) is 57.5 Å². The molecule has 0 aromatic rings. The molecular formula is C14H24N2O3. The second-order valence-electron chi connectivity index (χ2n) is 5.43. The smallest absolute Gasteiger partial charge is 0.248 e. The Hall–Kier alpha value is -1.10. The molecule has 19 heavy (non-hydrogen) atoms. The van der Waals surface area contributed by atoms with E-state index in [4.69, 9.17) is 4.74 Å². The van der Waals surface area contributed by atoms with Crippen molar-refractivity contribution in [2.24, 2.45) is 0 Å². The van der Waals surface area contributed by atoms with Gasteiger partial charge in [-0.25, -0.2) is 0 Å². The molecule has 2 rings (SSSR count). The Morgan fingerprint density at radius 2 is 1.89 bits per heavy atom. The van der Waals surface area contributed by atoms with Gasteiger partial charge in [-0.05, 0) is 25.7 Å². The second-order valence-corrected chi connectivity index (χ2v) is 5.43. The standard InChI is InChI=1S/C14H24N2O3/c1-3-14(4-2)13(18)16(8-5-12(17)15-14)11-6-9-19-10-7-11/h11H,3-10H2,1-2H3,(H,15,17). The monoisotopic (exact) mass is 268 g/mol. The van der Waals surface area contributed by atoms with E-state index < -0.39 is 5.54 Å². The molecule has 0 aromatic heterocycles. The van der Waals surface area contributed by atoms with Crippen molar-refractivity contribution in [2.75, 3.05) is 19.8 Å². The number of hydrogen-bond donors (Lipinski definition) is 1. The summed E-state index contributed by atoms with van der Waals surface area (Å²) < 4.78 is 5.36. The van der Waals surface area contributed by atoms with Crippen LogP contribution in [0.1, 0.15) is 46.0 Å². The predicted octanol–water partition coefficient (Wildman–Crippen LogP) is 1.07. The fourth-order valence-electron chi connectivity index (χ4n) is 3.06. The molecule has 0 aromatic carbocycles. The van der Waals surface area contributed by atoms with Gasteiger partial charge in [0.15, 0.2) is 0 Å². The van der Waals surface area contributed by atoms with E-state index >= 15 is 0 Å². The van der Waals surface area contributed by atoms with E-state index in [1.54, 1.807) is 0 Å². The summed E-state index contributed by atoms with van der Waals surface area (Å²) in [4.78, 5) is 26.6. The van der Waals surface area contributed by atoms with Crippen LogP contribution in [0, 0.1) is 0 Å². The van der Waals surface area contributed by atoms with Crippen molar-refractivity contribution < 1.29 is 14.3 Å². The van der Waals surface area contributed by atoms with E-state index in [9.17, 15) is 9.59 Å². The zero-order valence-corrected chi connectivity index (χ0v) is 11.9. The third-order valence-electron chi connectivity index (χ3n) is 4.47. The number of hydrogen-bond acceptors (Lipinski definition) is 3. The summed E-state index contributed by atoms with van der Waals surface area (Å²) in [6, 6.07) is 0.228. The third-order valence-corrected chi connectivity index (χ3v) is 4.47. The Morgan fingerprint density at radius 3 is 2.47 bits per heavy atom. The van der Waals surface area contributed by atoms with Crippen LogP contribution in [0.25, 0.3) is 0 Å². The van der Waals surface area contributed by atoms with Gasteiger partial charge in [-0.2, -0.15) is 0 Å². The Kier molecular flexibility index (Phi) is 4.45. The van der Waals surface area contributed by atoms with Crippen LogP contribution in [-0.4, -0.2) is 48.1 Å². The maximum Gasteiger partial charge on any atom is 0.248 e. The summed E-state index contributed by atoms with van der Waals surface area (Å²) in [6.07, 6.45) is 3.46. The van der Waals surface area contributed by atoms with Crippen molar-refractivity contribution in [1.29, 1.82) is 0 Å². The zero-order valence-electron chi connectivity index (χ0n) is 11.9. The average molecular weight is 268 g/mol. The Labute approximate surface area is 114 Å². The van der Waals surface area contributed by atoms with Gasteiger partial charge < -0.3 is 15.0 Å². The van der Waals surface area contributed by atoms with Crippen LogP contribution >= 0.6 is 0 Å². The van der Waals surface area contributed by atoms with Crippen molar-refractivity contribution in [3.63, 3.8) is 0 Å². The van der Waals surface area contributed by atoms with Crippen LogP contribution in [0.4, 0.5) is 0 Å². The highest BCUT2D eigenvalue weighted by Gasteiger charge is 2.43. The fourth-order valence-corrected chi connectivity index (χ4v) is 3.06. The maximum absolute atomic E-state index is 12.8. The van der Waals surface area contributed by atoms with Gasteiger partial charge in [-0.1, -0.05) is 13.8 Å². The molecule has 2 fully saturated rings. The molecule has 0 spiro atoms. The van der Waals surface area contributed by atoms with Crippen molar-refractivity contribution in [3.05, 3.63) is 0 Å². The van der Waals surface area contributed by atoms with Crippen LogP contribution in [0.5, 0.6) is 0 Å². The van der Waals surface area contributed by atoms with Gasteiger partial charge in [0, 0.05) is 32.2 Å². The van der Waals surface area contributed by atoms with Gasteiger partial charge in [0.2, 0.25) is 11.8 Å². The Balaban J connectivity index is 2.22. The third kappa shape index (κ3) is 2.76. The number of nitrogens with zero attached hydrogens (tertiary/aromatic N) is 1. The molecular weight excluding hydrogens is 244 g/mol. The summed E-state index contributed by atoms with van der Waals surface area (Å²) >= 11 is 0. The molecule has 2 heterocycles. The molecule has 2 amide bonds. The Morgan fingerprint density at radius 1 is 1.26 bits per heavy atom. The lowest BCUT2D eigenvalue weighted by Gasteiger charge is -2.39. The molecule has 2 aliphatic rings. The van der Waals surface area contributed by atoms with Gasteiger partial charge in [0.1, 0.15) is 5.54 Å². The lowest BCUT2D eigenvalue weighted by Crippen LogP contribution is -2.58. The summed E-state index contributed by atoms with van der Waals surface area (Å²) in [5, 5.41) is 2.95. The Bertz CT molecular complexity index is 347. The summed E-state index contributed by atoms with van der Waals surface area (Å²) in [7, 11) is 0. The summed E-state index contributed by atoms with van der Waals surface area (Å²) in [6.45, 7) is 5.89. The first kappa shape index (κ1) is 14.3. The van der Waals surface area contributed by atoms with Crippen LogP contribution < -0.4 is 5.32 Å². The lowest BCUT2D eigenvalue weighted by molar-refractivity contribution is -0.142. The summed E-state index contributed by atoms with van der Waals surface area (Å²) in [5.74, 6) is 0.0851. The van der Waals surface area contributed by atoms with Gasteiger partial charge in [-0.15, -0.1) is 0 Å². The van der Waals surface area contributed by atoms with E-state index in [1.165, 1.54) is 0 Å². The highest BCUT2D eigenvalue weighted by atomic mass is 16.5. The maximum atomic E-state index is 12.8. The zero-order chi connectivity index (χ0) is 13.9. The minimum atomic E-state index is -0.702. The molecule has 0 saturated carbocycles.